The van der Waals surface area contributed by atoms with Crippen LogP contribution in [-0.2, 0) is 14.1 Å². The number of aryl methyl sites for hydroxylation is 2. The van der Waals surface area contributed by atoms with Crippen LogP contribution in [-0.4, -0.2) is 76.3 Å². The van der Waals surface area contributed by atoms with Gasteiger partial charge in [-0.05, 0) is 28.2 Å². The molecule has 0 saturated heterocycles. The second-order valence-corrected chi connectivity index (χ2v) is 22.0. The van der Waals surface area contributed by atoms with Crippen molar-refractivity contribution in [3.05, 3.63) is 53.7 Å². The zero-order valence-corrected chi connectivity index (χ0v) is 24.4. The van der Waals surface area contributed by atoms with Crippen LogP contribution in [0.3, 0.4) is 0 Å². The summed E-state index contributed by atoms with van der Waals surface area (Å²) in [5.74, 6) is 0. The van der Waals surface area contributed by atoms with E-state index in [2.05, 4.69) is 147 Å². The highest BCUT2D eigenvalue weighted by molar-refractivity contribution is 7.33. The van der Waals surface area contributed by atoms with E-state index in [4.69, 9.17) is 0 Å². The van der Waals surface area contributed by atoms with E-state index in [0.29, 0.717) is 0 Å². The Kier molecular flexibility index (Phi) is 6.65. The quantitative estimate of drug-likeness (QED) is 0.440. The molecule has 0 unspecified atom stereocenters. The lowest BCUT2D eigenvalue weighted by molar-refractivity contribution is -0.653. The normalized spacial score (nSPS) is 19.5. The molecule has 5 nitrogen and oxygen atoms in total. The van der Waals surface area contributed by atoms with E-state index in [-0.39, 0.29) is 6.98 Å². The first-order chi connectivity index (χ1) is 14.7. The average Bonchev–Trinajstić information content (AvgIpc) is 3.11. The van der Waals surface area contributed by atoms with Crippen LogP contribution in [0.5, 0.6) is 0 Å². The minimum Gasteiger partial charge on any atom is -0.505 e. The Hall–Kier alpha value is -1.39. The topological polar surface area (TPSA) is 18.5 Å². The molecule has 3 rings (SSSR count). The van der Waals surface area contributed by atoms with E-state index in [1.54, 1.807) is 10.8 Å². The van der Waals surface area contributed by atoms with Crippen molar-refractivity contribution in [2.24, 2.45) is 14.1 Å². The third kappa shape index (κ3) is 4.03. The SMILES string of the molecule is CN(C)B(C1=C(c2ccccc2)[B@@-]1(c1n(C)cc[n+]1C)N([Si](C)(C)C)[Si](C)(C)C)N(C)C. The summed E-state index contributed by atoms with van der Waals surface area (Å²) in [6.45, 7) is 15.5. The molecule has 0 spiro atoms. The zero-order valence-electron chi connectivity index (χ0n) is 22.4. The first-order valence-corrected chi connectivity index (χ1v) is 18.7. The van der Waals surface area contributed by atoms with Crippen molar-refractivity contribution < 1.29 is 4.57 Å². The molecule has 174 valence electrons. The van der Waals surface area contributed by atoms with Crippen LogP contribution in [0.4, 0.5) is 0 Å². The summed E-state index contributed by atoms with van der Waals surface area (Å²) in [6.07, 6.45) is 3.29. The molecule has 1 aromatic heterocycles. The Bertz CT molecular complexity index is 964. The summed E-state index contributed by atoms with van der Waals surface area (Å²) in [7, 11) is 9.91. The summed E-state index contributed by atoms with van der Waals surface area (Å²) >= 11 is 0. The van der Waals surface area contributed by atoms with E-state index in [1.165, 1.54) is 11.3 Å². The summed E-state index contributed by atoms with van der Waals surface area (Å²) in [4.78, 5) is 4.77. The summed E-state index contributed by atoms with van der Waals surface area (Å²) in [6, 6.07) is 11.1. The van der Waals surface area contributed by atoms with Gasteiger partial charge >= 0.3 is 0 Å². The van der Waals surface area contributed by atoms with E-state index in [0.717, 1.165) is 0 Å². The molecule has 0 saturated carbocycles. The van der Waals surface area contributed by atoms with E-state index in [1.807, 2.05) is 0 Å². The van der Waals surface area contributed by atoms with Gasteiger partial charge in [-0.1, -0.05) is 75.2 Å². The number of aromatic nitrogens is 2. The lowest BCUT2D eigenvalue weighted by Crippen LogP contribution is -2.78. The van der Waals surface area contributed by atoms with E-state index >= 15 is 0 Å². The molecule has 2 aromatic rings. The number of hydrogen-bond donors (Lipinski definition) is 0. The average molecular weight is 467 g/mol. The first-order valence-electron chi connectivity index (χ1n) is 11.8. The van der Waals surface area contributed by atoms with Crippen LogP contribution < -0.4 is 10.3 Å². The second-order valence-electron chi connectivity index (χ2n) is 11.9. The van der Waals surface area contributed by atoms with Crippen molar-refractivity contribution in [1.82, 2.24) is 18.3 Å². The molecular weight excluding hydrogens is 424 g/mol. The molecule has 0 aliphatic carbocycles. The molecule has 1 aromatic carbocycles. The Morgan fingerprint density at radius 3 is 1.75 bits per heavy atom. The second kappa shape index (κ2) is 8.44. The molecule has 1 aliphatic heterocycles. The highest BCUT2D eigenvalue weighted by Crippen LogP contribution is 2.54. The molecular formula is C23H43B2N5Si2. The van der Waals surface area contributed by atoms with E-state index < -0.39 is 22.8 Å². The van der Waals surface area contributed by atoms with Crippen molar-refractivity contribution >= 4 is 40.9 Å². The maximum Gasteiger partial charge on any atom is 0.300 e. The van der Waals surface area contributed by atoms with Gasteiger partial charge in [0.1, 0.15) is 12.4 Å². The lowest BCUT2D eigenvalue weighted by Gasteiger charge is -2.57. The Labute approximate surface area is 199 Å². The minimum absolute atomic E-state index is 0.246. The number of nitrogens with zero attached hydrogens (tertiary/aromatic N) is 5. The minimum atomic E-state index is -1.71. The molecule has 0 radical (unpaired) electrons. The molecule has 32 heavy (non-hydrogen) atoms. The Morgan fingerprint density at radius 2 is 1.38 bits per heavy atom. The van der Waals surface area contributed by atoms with Crippen LogP contribution in [0.2, 0.25) is 39.3 Å². The molecule has 1 aliphatic rings. The molecule has 9 heteroatoms. The van der Waals surface area contributed by atoms with Gasteiger partial charge in [-0.25, -0.2) is 10.8 Å². The standard InChI is InChI=1S/C23H43B2N5Si2/c1-26(2)24(27(3)4)22-21(20-16-14-13-15-17-20)25(22,23-28(5)18-19-29(23)6)30(31(7,8)9)32(10,11)12/h13-19H,1-12H3/t25-/m1/s1. The number of benzene rings is 1. The van der Waals surface area contributed by atoms with Crippen LogP contribution in [0, 0.1) is 0 Å². The van der Waals surface area contributed by atoms with Crippen molar-refractivity contribution in [2.75, 3.05) is 28.2 Å². The fourth-order valence-corrected chi connectivity index (χ4v) is 17.9. The van der Waals surface area contributed by atoms with Gasteiger partial charge in [0.25, 0.3) is 6.98 Å². The Balaban J connectivity index is 2.47. The predicted molar refractivity (Wildman–Crippen MR) is 147 cm³/mol. The van der Waals surface area contributed by atoms with Crippen molar-refractivity contribution in [1.29, 1.82) is 0 Å². The van der Waals surface area contributed by atoms with E-state index in [9.17, 15) is 0 Å². The summed E-state index contributed by atoms with van der Waals surface area (Å²) in [5, 5.41) is 1.59. The molecule has 0 amide bonds. The number of imidazole rings is 1. The lowest BCUT2D eigenvalue weighted by atomic mass is 9.36. The fraction of sp³-hybridized carbons (Fsp3) is 0.522. The smallest absolute Gasteiger partial charge is 0.300 e. The maximum absolute atomic E-state index is 3.08. The van der Waals surface area contributed by atoms with Gasteiger partial charge in [-0.15, -0.1) is 0 Å². The summed E-state index contributed by atoms with van der Waals surface area (Å²) < 4.78 is 7.84. The molecule has 0 fully saturated rings. The zero-order chi connectivity index (χ0) is 24.2. The molecule has 2 heterocycles. The highest BCUT2D eigenvalue weighted by atomic mass is 28.4. The first kappa shape index (κ1) is 25.2. The number of rotatable bonds is 8. The third-order valence-corrected chi connectivity index (χ3v) is 14.6. The van der Waals surface area contributed by atoms with Crippen LogP contribution in [0.1, 0.15) is 5.56 Å². The van der Waals surface area contributed by atoms with Gasteiger partial charge in [-0.2, -0.15) is 0 Å². The van der Waals surface area contributed by atoms with Gasteiger partial charge in [0, 0.05) is 0 Å². The van der Waals surface area contributed by atoms with Crippen molar-refractivity contribution in [3.8, 4) is 0 Å². The fourth-order valence-electron chi connectivity index (χ4n) is 6.76. The van der Waals surface area contributed by atoms with Gasteiger partial charge in [-0.3, -0.25) is 9.13 Å². The largest absolute Gasteiger partial charge is 0.505 e. The van der Waals surface area contributed by atoms with Gasteiger partial charge in [0.15, 0.2) is 0 Å². The molecule has 0 bridgehead atoms. The number of hydrogen-bond acceptors (Lipinski definition) is 3. The van der Waals surface area contributed by atoms with Gasteiger partial charge in [0.05, 0.1) is 36.3 Å². The summed E-state index contributed by atoms with van der Waals surface area (Å²) in [5.41, 5.74) is 4.36. The van der Waals surface area contributed by atoms with Crippen LogP contribution in [0.25, 0.3) is 5.47 Å². The molecule has 0 N–H and O–H groups in total. The van der Waals surface area contributed by atoms with Crippen molar-refractivity contribution in [3.63, 3.8) is 0 Å². The highest BCUT2D eigenvalue weighted by Gasteiger charge is 2.63. The van der Waals surface area contributed by atoms with Gasteiger partial charge in [0.2, 0.25) is 6.28 Å². The monoisotopic (exact) mass is 467 g/mol. The van der Waals surface area contributed by atoms with Crippen LogP contribution >= 0.6 is 0 Å². The third-order valence-electron chi connectivity index (χ3n) is 6.88. The predicted octanol–water partition coefficient (Wildman–Crippen LogP) is 2.67. The molecule has 1 atom stereocenters. The maximum atomic E-state index is 3.08. The van der Waals surface area contributed by atoms with Crippen molar-refractivity contribution in [2.45, 2.75) is 39.3 Å². The van der Waals surface area contributed by atoms with Gasteiger partial charge < -0.3 is 13.8 Å². The van der Waals surface area contributed by atoms with Crippen LogP contribution in [0.15, 0.2) is 48.1 Å². The Morgan fingerprint density at radius 1 is 0.875 bits per heavy atom.